The molecule has 0 unspecified atom stereocenters. The van der Waals surface area contributed by atoms with Gasteiger partial charge in [0.1, 0.15) is 0 Å². The molecule has 1 aliphatic rings. The van der Waals surface area contributed by atoms with E-state index in [0.29, 0.717) is 35.0 Å². The summed E-state index contributed by atoms with van der Waals surface area (Å²) >= 11 is 5.94. The third-order valence-electron chi connectivity index (χ3n) is 6.71. The molecular weight excluding hydrogens is 464 g/mol. The van der Waals surface area contributed by atoms with Crippen LogP contribution in [-0.4, -0.2) is 56.8 Å². The second-order valence-electron chi connectivity index (χ2n) is 10.1. The largest absolute Gasteiger partial charge is 0.390 e. The van der Waals surface area contributed by atoms with Crippen molar-refractivity contribution in [2.75, 3.05) is 19.6 Å². The number of carbonyl (C=O) groups is 2. The van der Waals surface area contributed by atoms with E-state index in [1.807, 2.05) is 34.8 Å². The van der Waals surface area contributed by atoms with E-state index in [-0.39, 0.29) is 11.8 Å². The van der Waals surface area contributed by atoms with Crippen LogP contribution >= 0.6 is 11.6 Å². The lowest BCUT2D eigenvalue weighted by Crippen LogP contribution is -2.39. The lowest BCUT2D eigenvalue weighted by Gasteiger charge is -2.32. The average molecular weight is 497 g/mol. The van der Waals surface area contributed by atoms with E-state index in [0.717, 1.165) is 48.9 Å². The fraction of sp³-hybridized carbons (Fsp3) is 0.444. The summed E-state index contributed by atoms with van der Waals surface area (Å²) in [7, 11) is 0. The Morgan fingerprint density at radius 1 is 1.14 bits per heavy atom. The highest BCUT2D eigenvalue weighted by Crippen LogP contribution is 2.25. The number of aryl methyl sites for hydroxylation is 1. The van der Waals surface area contributed by atoms with Gasteiger partial charge in [0.2, 0.25) is 0 Å². The summed E-state index contributed by atoms with van der Waals surface area (Å²) in [6.07, 6.45) is 4.35. The molecule has 1 aromatic heterocycles. The van der Waals surface area contributed by atoms with Crippen molar-refractivity contribution in [2.24, 2.45) is 5.92 Å². The number of halogens is 1. The van der Waals surface area contributed by atoms with Gasteiger partial charge >= 0.3 is 0 Å². The SMILES string of the molecule is Cc1c(C(=O)NCCC(C)(C)O)ccc2nn(CC3CCN(C(=O)c4ccc(Cl)cc4)CC3)cc12. The first-order valence-electron chi connectivity index (χ1n) is 12.1. The Morgan fingerprint density at radius 2 is 1.83 bits per heavy atom. The van der Waals surface area contributed by atoms with Crippen molar-refractivity contribution in [2.45, 2.75) is 52.2 Å². The van der Waals surface area contributed by atoms with Crippen LogP contribution in [0.4, 0.5) is 0 Å². The maximum Gasteiger partial charge on any atom is 0.253 e. The number of amides is 2. The molecule has 2 N–H and O–H groups in total. The zero-order chi connectivity index (χ0) is 25.2. The molecule has 4 rings (SSSR count). The number of likely N-dealkylation sites (tertiary alicyclic amines) is 1. The van der Waals surface area contributed by atoms with Crippen LogP contribution in [0.3, 0.4) is 0 Å². The maximum atomic E-state index is 12.8. The quantitative estimate of drug-likeness (QED) is 0.506. The summed E-state index contributed by atoms with van der Waals surface area (Å²) < 4.78 is 1.97. The summed E-state index contributed by atoms with van der Waals surface area (Å²) in [6.45, 7) is 8.04. The predicted octanol–water partition coefficient (Wildman–Crippen LogP) is 4.44. The Hall–Kier alpha value is -2.90. The molecule has 2 heterocycles. The number of rotatable bonds is 7. The molecule has 2 aromatic carbocycles. The van der Waals surface area contributed by atoms with Crippen molar-refractivity contribution in [3.05, 3.63) is 64.3 Å². The van der Waals surface area contributed by atoms with E-state index in [9.17, 15) is 14.7 Å². The van der Waals surface area contributed by atoms with Gasteiger partial charge in [-0.15, -0.1) is 0 Å². The average Bonchev–Trinajstić information content (AvgIpc) is 3.22. The monoisotopic (exact) mass is 496 g/mol. The lowest BCUT2D eigenvalue weighted by molar-refractivity contribution is 0.0676. The number of carbonyl (C=O) groups excluding carboxylic acids is 2. The number of nitrogens with zero attached hydrogens (tertiary/aromatic N) is 3. The van der Waals surface area contributed by atoms with Gasteiger partial charge in [0, 0.05) is 53.9 Å². The second kappa shape index (κ2) is 10.4. The number of hydrogen-bond acceptors (Lipinski definition) is 4. The molecule has 7 nitrogen and oxygen atoms in total. The van der Waals surface area contributed by atoms with E-state index in [4.69, 9.17) is 16.7 Å². The molecule has 0 spiro atoms. The molecule has 0 bridgehead atoms. The topological polar surface area (TPSA) is 87.5 Å². The van der Waals surface area contributed by atoms with Crippen molar-refractivity contribution in [1.82, 2.24) is 20.0 Å². The van der Waals surface area contributed by atoms with Gasteiger partial charge in [0.15, 0.2) is 0 Å². The van der Waals surface area contributed by atoms with E-state index in [1.54, 1.807) is 38.1 Å². The summed E-state index contributed by atoms with van der Waals surface area (Å²) in [5, 5.41) is 19.1. The minimum Gasteiger partial charge on any atom is -0.390 e. The Bertz CT molecular complexity index is 1210. The van der Waals surface area contributed by atoms with Crippen LogP contribution in [0.15, 0.2) is 42.6 Å². The van der Waals surface area contributed by atoms with Gasteiger partial charge in [0.25, 0.3) is 11.8 Å². The van der Waals surface area contributed by atoms with E-state index < -0.39 is 5.60 Å². The van der Waals surface area contributed by atoms with E-state index in [2.05, 4.69) is 5.32 Å². The number of fused-ring (bicyclic) bond motifs is 1. The molecule has 186 valence electrons. The summed E-state index contributed by atoms with van der Waals surface area (Å²) in [5.74, 6) is 0.344. The maximum absolute atomic E-state index is 12.8. The Balaban J connectivity index is 1.36. The number of aliphatic hydroxyl groups is 1. The molecular formula is C27H33ClN4O3. The molecule has 0 saturated carbocycles. The zero-order valence-corrected chi connectivity index (χ0v) is 21.3. The van der Waals surface area contributed by atoms with E-state index >= 15 is 0 Å². The number of benzene rings is 2. The molecule has 0 radical (unpaired) electrons. The molecule has 0 aliphatic carbocycles. The molecule has 3 aromatic rings. The Morgan fingerprint density at radius 3 is 2.49 bits per heavy atom. The first kappa shape index (κ1) is 25.2. The fourth-order valence-electron chi connectivity index (χ4n) is 4.56. The molecule has 0 atom stereocenters. The lowest BCUT2D eigenvalue weighted by atomic mass is 9.96. The van der Waals surface area contributed by atoms with Crippen LogP contribution in [0.5, 0.6) is 0 Å². The predicted molar refractivity (Wildman–Crippen MR) is 138 cm³/mol. The van der Waals surface area contributed by atoms with Gasteiger partial charge in [-0.3, -0.25) is 14.3 Å². The minimum absolute atomic E-state index is 0.0499. The van der Waals surface area contributed by atoms with Gasteiger partial charge in [-0.1, -0.05) is 11.6 Å². The third-order valence-corrected chi connectivity index (χ3v) is 6.96. The third kappa shape index (κ3) is 6.21. The van der Waals surface area contributed by atoms with Crippen LogP contribution < -0.4 is 5.32 Å². The minimum atomic E-state index is -0.813. The molecule has 8 heteroatoms. The Labute approximate surface area is 211 Å². The smallest absolute Gasteiger partial charge is 0.253 e. The van der Waals surface area contributed by atoms with Gasteiger partial charge in [-0.05, 0) is 87.9 Å². The molecule has 1 aliphatic heterocycles. The summed E-state index contributed by atoms with van der Waals surface area (Å²) in [4.78, 5) is 27.3. The van der Waals surface area contributed by atoms with Gasteiger partial charge < -0.3 is 15.3 Å². The normalized spacial score (nSPS) is 14.9. The van der Waals surface area contributed by atoms with Crippen molar-refractivity contribution < 1.29 is 14.7 Å². The van der Waals surface area contributed by atoms with Crippen LogP contribution in [0.25, 0.3) is 10.9 Å². The van der Waals surface area contributed by atoms with Gasteiger partial charge in [-0.2, -0.15) is 5.10 Å². The van der Waals surface area contributed by atoms with Gasteiger partial charge in [-0.25, -0.2) is 0 Å². The fourth-order valence-corrected chi connectivity index (χ4v) is 4.68. The number of hydrogen-bond donors (Lipinski definition) is 2. The van der Waals surface area contributed by atoms with Crippen LogP contribution in [0.2, 0.25) is 5.02 Å². The van der Waals surface area contributed by atoms with Crippen LogP contribution in [0, 0.1) is 12.8 Å². The summed E-state index contributed by atoms with van der Waals surface area (Å²) in [5.41, 5.74) is 2.25. The Kier molecular flexibility index (Phi) is 7.47. The first-order chi connectivity index (χ1) is 16.6. The zero-order valence-electron chi connectivity index (χ0n) is 20.6. The molecule has 2 amide bonds. The van der Waals surface area contributed by atoms with Gasteiger partial charge in [0.05, 0.1) is 11.1 Å². The molecule has 1 saturated heterocycles. The highest BCUT2D eigenvalue weighted by atomic mass is 35.5. The van der Waals surface area contributed by atoms with E-state index in [1.165, 1.54) is 0 Å². The molecule has 1 fully saturated rings. The molecule has 35 heavy (non-hydrogen) atoms. The first-order valence-corrected chi connectivity index (χ1v) is 12.5. The number of piperidine rings is 1. The highest BCUT2D eigenvalue weighted by Gasteiger charge is 2.24. The van der Waals surface area contributed by atoms with Crippen LogP contribution in [0.1, 0.15) is 59.4 Å². The van der Waals surface area contributed by atoms with Crippen molar-refractivity contribution >= 4 is 34.3 Å². The second-order valence-corrected chi connectivity index (χ2v) is 10.5. The van der Waals surface area contributed by atoms with Crippen molar-refractivity contribution in [3.63, 3.8) is 0 Å². The van der Waals surface area contributed by atoms with Crippen LogP contribution in [-0.2, 0) is 6.54 Å². The van der Waals surface area contributed by atoms with Crippen molar-refractivity contribution in [3.8, 4) is 0 Å². The highest BCUT2D eigenvalue weighted by molar-refractivity contribution is 6.30. The number of aromatic nitrogens is 2. The van der Waals surface area contributed by atoms with Crippen molar-refractivity contribution in [1.29, 1.82) is 0 Å². The summed E-state index contributed by atoms with van der Waals surface area (Å²) in [6, 6.07) is 10.7. The standard InChI is InChI=1S/C27H33ClN4O3/c1-18-22(25(33)29-13-12-27(2,3)35)8-9-24-23(18)17-32(30-24)16-19-10-14-31(15-11-19)26(34)20-4-6-21(28)7-5-20/h4-9,17,19,35H,10-16H2,1-3H3,(H,29,33). The number of nitrogens with one attached hydrogen (secondary N) is 1.